The van der Waals surface area contributed by atoms with E-state index in [1.807, 2.05) is 49.4 Å². The van der Waals surface area contributed by atoms with Crippen LogP contribution in [0.5, 0.6) is 11.5 Å². The van der Waals surface area contributed by atoms with Crippen molar-refractivity contribution in [3.8, 4) is 11.5 Å². The van der Waals surface area contributed by atoms with Crippen LogP contribution in [0, 0.1) is 0 Å². The Hall–Kier alpha value is -2.82. The number of amides is 1. The quantitative estimate of drug-likeness (QED) is 0.889. The Balaban J connectivity index is 1.81. The van der Waals surface area contributed by atoms with Crippen molar-refractivity contribution in [1.82, 2.24) is 4.90 Å². The smallest absolute Gasteiger partial charge is 0.224 e. The molecule has 0 radical (unpaired) electrons. The molecule has 1 amide bonds. The van der Waals surface area contributed by atoms with Gasteiger partial charge in [-0.15, -0.1) is 0 Å². The highest BCUT2D eigenvalue weighted by atomic mass is 16.5. The predicted molar refractivity (Wildman–Crippen MR) is 98.9 cm³/mol. The van der Waals surface area contributed by atoms with Crippen molar-refractivity contribution >= 4 is 23.1 Å². The zero-order valence-electron chi connectivity index (χ0n) is 14.3. The number of para-hydroxylation sites is 2. The van der Waals surface area contributed by atoms with Gasteiger partial charge in [-0.05, 0) is 43.2 Å². The first-order valence-corrected chi connectivity index (χ1v) is 8.79. The van der Waals surface area contributed by atoms with Crippen LogP contribution < -0.4 is 10.1 Å². The standard InChI is InChI=1S/C20H21N3O2/c1-2-19(24)21-14-9-10-17-15(13-14)20(23-11-5-6-12-23)22-16-7-3-4-8-18(16)25-17/h3-4,7-10,13H,2,5-6,11-12H2,1H3,(H,21,24). The molecule has 2 aromatic rings. The van der Waals surface area contributed by atoms with Crippen LogP contribution in [0.1, 0.15) is 31.7 Å². The van der Waals surface area contributed by atoms with E-state index in [1.165, 1.54) is 12.8 Å². The Morgan fingerprint density at radius 3 is 2.76 bits per heavy atom. The Morgan fingerprint density at radius 1 is 1.16 bits per heavy atom. The van der Waals surface area contributed by atoms with Crippen molar-refractivity contribution in [2.45, 2.75) is 26.2 Å². The maximum absolute atomic E-state index is 11.8. The van der Waals surface area contributed by atoms with E-state index in [0.717, 1.165) is 47.4 Å². The number of ether oxygens (including phenoxy) is 1. The summed E-state index contributed by atoms with van der Waals surface area (Å²) in [6.07, 6.45) is 2.79. The van der Waals surface area contributed by atoms with Gasteiger partial charge in [-0.25, -0.2) is 4.99 Å². The van der Waals surface area contributed by atoms with Gasteiger partial charge in [0.1, 0.15) is 17.3 Å². The third kappa shape index (κ3) is 3.09. The number of nitrogens with zero attached hydrogens (tertiary/aromatic N) is 2. The average Bonchev–Trinajstić information content (AvgIpc) is 3.11. The molecule has 0 spiro atoms. The van der Waals surface area contributed by atoms with Crippen LogP contribution >= 0.6 is 0 Å². The van der Waals surface area contributed by atoms with Crippen LogP contribution in [0.4, 0.5) is 11.4 Å². The topological polar surface area (TPSA) is 53.9 Å². The van der Waals surface area contributed by atoms with Gasteiger partial charge in [-0.3, -0.25) is 4.79 Å². The lowest BCUT2D eigenvalue weighted by Crippen LogP contribution is -2.28. The maximum Gasteiger partial charge on any atom is 0.224 e. The molecular weight excluding hydrogens is 314 g/mol. The summed E-state index contributed by atoms with van der Waals surface area (Å²) in [4.78, 5) is 19.0. The van der Waals surface area contributed by atoms with Crippen molar-refractivity contribution in [2.24, 2.45) is 4.99 Å². The van der Waals surface area contributed by atoms with E-state index in [1.54, 1.807) is 0 Å². The lowest BCUT2D eigenvalue weighted by Gasteiger charge is -2.21. The number of fused-ring (bicyclic) bond motifs is 2. The lowest BCUT2D eigenvalue weighted by molar-refractivity contribution is -0.115. The van der Waals surface area contributed by atoms with E-state index in [4.69, 9.17) is 9.73 Å². The molecule has 0 saturated carbocycles. The average molecular weight is 335 g/mol. The summed E-state index contributed by atoms with van der Waals surface area (Å²) in [5.41, 5.74) is 2.53. The van der Waals surface area contributed by atoms with E-state index >= 15 is 0 Å². The molecule has 25 heavy (non-hydrogen) atoms. The van der Waals surface area contributed by atoms with Crippen LogP contribution in [0.15, 0.2) is 47.5 Å². The molecule has 1 N–H and O–H groups in total. The fourth-order valence-corrected chi connectivity index (χ4v) is 3.22. The molecule has 4 rings (SSSR count). The van der Waals surface area contributed by atoms with Crippen molar-refractivity contribution in [1.29, 1.82) is 0 Å². The van der Waals surface area contributed by atoms with Gasteiger partial charge >= 0.3 is 0 Å². The van der Waals surface area contributed by atoms with Gasteiger partial charge in [-0.1, -0.05) is 19.1 Å². The first-order valence-electron chi connectivity index (χ1n) is 8.79. The number of benzene rings is 2. The van der Waals surface area contributed by atoms with Gasteiger partial charge < -0.3 is 15.0 Å². The van der Waals surface area contributed by atoms with E-state index < -0.39 is 0 Å². The molecule has 2 aromatic carbocycles. The minimum absolute atomic E-state index is 0.00237. The number of aliphatic imine (C=N–C) groups is 1. The summed E-state index contributed by atoms with van der Waals surface area (Å²) in [7, 11) is 0. The number of likely N-dealkylation sites (tertiary alicyclic amines) is 1. The van der Waals surface area contributed by atoms with Crippen LogP contribution in [-0.4, -0.2) is 29.7 Å². The number of hydrogen-bond donors (Lipinski definition) is 1. The molecule has 1 saturated heterocycles. The molecule has 0 aromatic heterocycles. The summed E-state index contributed by atoms with van der Waals surface area (Å²) < 4.78 is 6.12. The van der Waals surface area contributed by atoms with Gasteiger partial charge in [0.25, 0.3) is 0 Å². The van der Waals surface area contributed by atoms with Gasteiger partial charge in [0.2, 0.25) is 5.91 Å². The molecule has 5 nitrogen and oxygen atoms in total. The Bertz CT molecular complexity index is 839. The fraction of sp³-hybridized carbons (Fsp3) is 0.300. The predicted octanol–water partition coefficient (Wildman–Crippen LogP) is 4.31. The second-order valence-corrected chi connectivity index (χ2v) is 6.31. The minimum Gasteiger partial charge on any atom is -0.454 e. The maximum atomic E-state index is 11.8. The van der Waals surface area contributed by atoms with Crippen LogP contribution in [0.3, 0.4) is 0 Å². The minimum atomic E-state index is -0.00237. The molecule has 0 aliphatic carbocycles. The molecule has 0 unspecified atom stereocenters. The molecule has 2 aliphatic rings. The first-order chi connectivity index (χ1) is 12.2. The van der Waals surface area contributed by atoms with Crippen LogP contribution in [0.2, 0.25) is 0 Å². The number of amidine groups is 1. The summed E-state index contributed by atoms with van der Waals surface area (Å²) in [5, 5.41) is 2.93. The molecule has 2 heterocycles. The lowest BCUT2D eigenvalue weighted by atomic mass is 10.1. The normalized spacial score (nSPS) is 15.6. The summed E-state index contributed by atoms with van der Waals surface area (Å²) in [6.45, 7) is 3.83. The number of nitrogens with one attached hydrogen (secondary N) is 1. The SMILES string of the molecule is CCC(=O)Nc1ccc2c(c1)C(N1CCCC1)=Nc1ccccc1O2. The zero-order chi connectivity index (χ0) is 17.2. The van der Waals surface area contributed by atoms with Gasteiger partial charge in [0, 0.05) is 25.2 Å². The molecule has 0 bridgehead atoms. The van der Waals surface area contributed by atoms with Crippen molar-refractivity contribution in [3.63, 3.8) is 0 Å². The van der Waals surface area contributed by atoms with Gasteiger partial charge in [0.15, 0.2) is 5.75 Å². The van der Waals surface area contributed by atoms with Crippen molar-refractivity contribution < 1.29 is 9.53 Å². The fourth-order valence-electron chi connectivity index (χ4n) is 3.22. The molecule has 128 valence electrons. The number of hydrogen-bond acceptors (Lipinski definition) is 4. The highest BCUT2D eigenvalue weighted by molar-refractivity contribution is 6.05. The van der Waals surface area contributed by atoms with Crippen LogP contribution in [-0.2, 0) is 4.79 Å². The second kappa shape index (κ2) is 6.59. The third-order valence-corrected chi connectivity index (χ3v) is 4.54. The summed E-state index contributed by atoms with van der Waals surface area (Å²) in [5.74, 6) is 2.44. The third-order valence-electron chi connectivity index (χ3n) is 4.54. The molecule has 2 aliphatic heterocycles. The monoisotopic (exact) mass is 335 g/mol. The van der Waals surface area contributed by atoms with Crippen LogP contribution in [0.25, 0.3) is 0 Å². The van der Waals surface area contributed by atoms with E-state index in [9.17, 15) is 4.79 Å². The summed E-state index contributed by atoms with van der Waals surface area (Å²) in [6, 6.07) is 13.6. The molecule has 5 heteroatoms. The number of carbonyl (C=O) groups is 1. The number of anilines is 1. The number of carbonyl (C=O) groups excluding carboxylic acids is 1. The van der Waals surface area contributed by atoms with E-state index in [2.05, 4.69) is 10.2 Å². The Labute approximate surface area is 147 Å². The first kappa shape index (κ1) is 15.7. The zero-order valence-corrected chi connectivity index (χ0v) is 14.3. The van der Waals surface area contributed by atoms with Crippen molar-refractivity contribution in [2.75, 3.05) is 18.4 Å². The van der Waals surface area contributed by atoms with E-state index in [0.29, 0.717) is 6.42 Å². The van der Waals surface area contributed by atoms with Crippen molar-refractivity contribution in [3.05, 3.63) is 48.0 Å². The largest absolute Gasteiger partial charge is 0.454 e. The Kier molecular flexibility index (Phi) is 4.14. The Morgan fingerprint density at radius 2 is 1.96 bits per heavy atom. The van der Waals surface area contributed by atoms with Gasteiger partial charge in [-0.2, -0.15) is 0 Å². The highest BCUT2D eigenvalue weighted by Crippen LogP contribution is 2.39. The highest BCUT2D eigenvalue weighted by Gasteiger charge is 2.25. The molecule has 1 fully saturated rings. The second-order valence-electron chi connectivity index (χ2n) is 6.31. The molecular formula is C20H21N3O2. The summed E-state index contributed by atoms with van der Waals surface area (Å²) >= 11 is 0. The van der Waals surface area contributed by atoms with E-state index in [-0.39, 0.29) is 5.91 Å². The number of rotatable bonds is 2. The van der Waals surface area contributed by atoms with Gasteiger partial charge in [0.05, 0.1) is 5.56 Å². The molecule has 0 atom stereocenters.